The van der Waals surface area contributed by atoms with Crippen LogP contribution < -0.4 is 10.6 Å². The van der Waals surface area contributed by atoms with Crippen LogP contribution in [0.1, 0.15) is 16.1 Å². The quantitative estimate of drug-likeness (QED) is 0.747. The van der Waals surface area contributed by atoms with E-state index in [1.807, 2.05) is 6.07 Å². The number of benzene rings is 1. The van der Waals surface area contributed by atoms with Crippen molar-refractivity contribution in [1.82, 2.24) is 15.3 Å². The van der Waals surface area contributed by atoms with Crippen LogP contribution in [0.3, 0.4) is 0 Å². The van der Waals surface area contributed by atoms with Gasteiger partial charge in [-0.15, -0.1) is 0 Å². The average molecular weight is 340 g/mol. The highest BCUT2D eigenvalue weighted by molar-refractivity contribution is 5.93. The summed E-state index contributed by atoms with van der Waals surface area (Å²) in [4.78, 5) is 20.2. The molecule has 126 valence electrons. The zero-order chi connectivity index (χ0) is 17.6. The van der Waals surface area contributed by atoms with E-state index >= 15 is 0 Å². The second-order valence-corrected chi connectivity index (χ2v) is 5.22. The Kier molecular flexibility index (Phi) is 4.94. The summed E-state index contributed by atoms with van der Waals surface area (Å²) in [5.41, 5.74) is 1.61. The van der Waals surface area contributed by atoms with E-state index in [-0.39, 0.29) is 17.3 Å². The first-order valence-electron chi connectivity index (χ1n) is 7.47. The van der Waals surface area contributed by atoms with Gasteiger partial charge in [0.15, 0.2) is 0 Å². The smallest absolute Gasteiger partial charge is 0.270 e. The molecule has 0 spiro atoms. The van der Waals surface area contributed by atoms with Crippen LogP contribution in [0.15, 0.2) is 61.1 Å². The molecular formula is C18H14F2N4O. The van der Waals surface area contributed by atoms with Crippen molar-refractivity contribution in [3.05, 3.63) is 83.9 Å². The SMILES string of the molecule is O=C(NCc1cccnc1)c1cc(Nc2ccc(F)cc2F)ccn1. The summed E-state index contributed by atoms with van der Waals surface area (Å²) in [6.45, 7) is 0.318. The van der Waals surface area contributed by atoms with Gasteiger partial charge in [-0.25, -0.2) is 8.78 Å². The summed E-state index contributed by atoms with van der Waals surface area (Å²) in [6.07, 6.45) is 4.74. The summed E-state index contributed by atoms with van der Waals surface area (Å²) < 4.78 is 26.6. The predicted molar refractivity (Wildman–Crippen MR) is 89.3 cm³/mol. The number of hydrogen-bond donors (Lipinski definition) is 2. The number of hydrogen-bond acceptors (Lipinski definition) is 4. The molecule has 0 saturated carbocycles. The van der Waals surface area contributed by atoms with E-state index in [4.69, 9.17) is 0 Å². The minimum absolute atomic E-state index is 0.106. The lowest BCUT2D eigenvalue weighted by Crippen LogP contribution is -2.23. The first kappa shape index (κ1) is 16.5. The van der Waals surface area contributed by atoms with E-state index in [9.17, 15) is 13.6 Å². The lowest BCUT2D eigenvalue weighted by molar-refractivity contribution is 0.0946. The molecule has 7 heteroatoms. The van der Waals surface area contributed by atoms with Gasteiger partial charge in [-0.3, -0.25) is 14.8 Å². The van der Waals surface area contributed by atoms with Gasteiger partial charge in [0.25, 0.3) is 5.91 Å². The van der Waals surface area contributed by atoms with Gasteiger partial charge in [0.2, 0.25) is 0 Å². The van der Waals surface area contributed by atoms with Gasteiger partial charge in [-0.2, -0.15) is 0 Å². The number of carbonyl (C=O) groups is 1. The first-order chi connectivity index (χ1) is 12.1. The zero-order valence-corrected chi connectivity index (χ0v) is 13.0. The Hall–Kier alpha value is -3.35. The first-order valence-corrected chi connectivity index (χ1v) is 7.47. The fraction of sp³-hybridized carbons (Fsp3) is 0.0556. The maximum absolute atomic E-state index is 13.7. The topological polar surface area (TPSA) is 66.9 Å². The molecular weight excluding hydrogens is 326 g/mol. The third-order valence-electron chi connectivity index (χ3n) is 3.38. The van der Waals surface area contributed by atoms with E-state index in [0.717, 1.165) is 17.7 Å². The Morgan fingerprint density at radius 2 is 1.96 bits per heavy atom. The Morgan fingerprint density at radius 3 is 2.72 bits per heavy atom. The Bertz CT molecular complexity index is 887. The Morgan fingerprint density at radius 1 is 1.08 bits per heavy atom. The second-order valence-electron chi connectivity index (χ2n) is 5.22. The fourth-order valence-corrected chi connectivity index (χ4v) is 2.15. The highest BCUT2D eigenvalue weighted by atomic mass is 19.1. The number of halogens is 2. The molecule has 0 fully saturated rings. The monoisotopic (exact) mass is 340 g/mol. The number of amides is 1. The molecule has 3 aromatic rings. The molecule has 1 aromatic carbocycles. The Balaban J connectivity index is 1.69. The van der Waals surface area contributed by atoms with Crippen molar-refractivity contribution in [2.24, 2.45) is 0 Å². The molecule has 2 heterocycles. The molecule has 1 amide bonds. The summed E-state index contributed by atoms with van der Waals surface area (Å²) >= 11 is 0. The van der Waals surface area contributed by atoms with E-state index in [2.05, 4.69) is 20.6 Å². The molecule has 5 nitrogen and oxygen atoms in total. The molecule has 2 N–H and O–H groups in total. The van der Waals surface area contributed by atoms with E-state index in [0.29, 0.717) is 12.2 Å². The summed E-state index contributed by atoms with van der Waals surface area (Å²) in [5, 5.41) is 5.53. The summed E-state index contributed by atoms with van der Waals surface area (Å²) in [6, 6.07) is 9.91. The van der Waals surface area contributed by atoms with Crippen molar-refractivity contribution in [2.75, 3.05) is 5.32 Å². The van der Waals surface area contributed by atoms with Crippen LogP contribution in [-0.4, -0.2) is 15.9 Å². The Labute approximate surface area is 142 Å². The number of nitrogens with one attached hydrogen (secondary N) is 2. The largest absolute Gasteiger partial charge is 0.353 e. The van der Waals surface area contributed by atoms with Crippen molar-refractivity contribution in [1.29, 1.82) is 0 Å². The van der Waals surface area contributed by atoms with Gasteiger partial charge in [0, 0.05) is 36.9 Å². The minimum atomic E-state index is -0.723. The van der Waals surface area contributed by atoms with Crippen molar-refractivity contribution < 1.29 is 13.6 Å². The van der Waals surface area contributed by atoms with Gasteiger partial charge >= 0.3 is 0 Å². The average Bonchev–Trinajstić information content (AvgIpc) is 2.63. The van der Waals surface area contributed by atoms with Crippen molar-refractivity contribution >= 4 is 17.3 Å². The maximum atomic E-state index is 13.7. The van der Waals surface area contributed by atoms with Crippen LogP contribution in [-0.2, 0) is 6.54 Å². The molecule has 2 aromatic heterocycles. The van der Waals surface area contributed by atoms with Crippen LogP contribution in [0.5, 0.6) is 0 Å². The number of anilines is 2. The molecule has 0 radical (unpaired) electrons. The molecule has 0 aliphatic carbocycles. The molecule has 25 heavy (non-hydrogen) atoms. The van der Waals surface area contributed by atoms with Gasteiger partial charge in [-0.1, -0.05) is 6.07 Å². The van der Waals surface area contributed by atoms with Crippen molar-refractivity contribution in [2.45, 2.75) is 6.54 Å². The van der Waals surface area contributed by atoms with E-state index in [1.165, 1.54) is 18.3 Å². The molecule has 0 unspecified atom stereocenters. The third-order valence-corrected chi connectivity index (χ3v) is 3.38. The van der Waals surface area contributed by atoms with Crippen molar-refractivity contribution in [3.8, 4) is 0 Å². The van der Waals surface area contributed by atoms with Gasteiger partial charge in [0.05, 0.1) is 5.69 Å². The molecule has 0 saturated heterocycles. The second kappa shape index (κ2) is 7.48. The molecule has 0 aliphatic rings. The number of nitrogens with zero attached hydrogens (tertiary/aromatic N) is 2. The minimum Gasteiger partial charge on any atom is -0.353 e. The molecule has 0 aliphatic heterocycles. The number of pyridine rings is 2. The summed E-state index contributed by atoms with van der Waals surface area (Å²) in [5.74, 6) is -1.75. The van der Waals surface area contributed by atoms with Crippen LogP contribution in [0.4, 0.5) is 20.2 Å². The highest BCUT2D eigenvalue weighted by Crippen LogP contribution is 2.20. The summed E-state index contributed by atoms with van der Waals surface area (Å²) in [7, 11) is 0. The number of aromatic nitrogens is 2. The van der Waals surface area contributed by atoms with E-state index in [1.54, 1.807) is 24.5 Å². The fourth-order valence-electron chi connectivity index (χ4n) is 2.15. The lowest BCUT2D eigenvalue weighted by Gasteiger charge is -2.09. The lowest BCUT2D eigenvalue weighted by atomic mass is 10.2. The van der Waals surface area contributed by atoms with Gasteiger partial charge in [0.1, 0.15) is 17.3 Å². The van der Waals surface area contributed by atoms with Gasteiger partial charge < -0.3 is 10.6 Å². The van der Waals surface area contributed by atoms with Crippen molar-refractivity contribution in [3.63, 3.8) is 0 Å². The standard InChI is InChI=1S/C18H14F2N4O/c19-13-3-4-16(15(20)8-13)24-14-5-7-22-17(9-14)18(25)23-11-12-2-1-6-21-10-12/h1-10H,11H2,(H,22,24)(H,23,25). The number of rotatable bonds is 5. The normalized spacial score (nSPS) is 10.3. The predicted octanol–water partition coefficient (Wildman–Crippen LogP) is 3.43. The zero-order valence-electron chi connectivity index (χ0n) is 13.0. The molecule has 0 bridgehead atoms. The number of carbonyl (C=O) groups excluding carboxylic acids is 1. The third kappa shape index (κ3) is 4.35. The molecule has 3 rings (SSSR count). The van der Waals surface area contributed by atoms with Crippen LogP contribution in [0.2, 0.25) is 0 Å². The van der Waals surface area contributed by atoms with Crippen LogP contribution in [0.25, 0.3) is 0 Å². The highest BCUT2D eigenvalue weighted by Gasteiger charge is 2.09. The molecule has 0 atom stereocenters. The van der Waals surface area contributed by atoms with Crippen LogP contribution >= 0.6 is 0 Å². The van der Waals surface area contributed by atoms with E-state index < -0.39 is 11.6 Å². The van der Waals surface area contributed by atoms with Gasteiger partial charge in [-0.05, 0) is 35.9 Å². The van der Waals surface area contributed by atoms with Crippen LogP contribution in [0, 0.1) is 11.6 Å². The maximum Gasteiger partial charge on any atom is 0.270 e.